The lowest BCUT2D eigenvalue weighted by atomic mass is 10.1. The molecule has 46 heavy (non-hydrogen) atoms. The van der Waals surface area contributed by atoms with Crippen molar-refractivity contribution in [2.24, 2.45) is 0 Å². The van der Waals surface area contributed by atoms with E-state index in [4.69, 9.17) is 0 Å². The fourth-order valence-electron chi connectivity index (χ4n) is 4.39. The third-order valence-corrected chi connectivity index (χ3v) is 8.51. The summed E-state index contributed by atoms with van der Waals surface area (Å²) in [4.78, 5) is 40.4. The maximum atomic E-state index is 13.6. The fourth-order valence-corrected chi connectivity index (χ4v) is 6.09. The van der Waals surface area contributed by atoms with Crippen LogP contribution >= 0.6 is 23.1 Å². The molecular formula is C35H26F3N3O3S2. The standard InChI is InChI=1S/C35H26F3N3O3S2/c36-35(37,38)28-16-7-8-17-29(28)40-34(44)31(24-10-3-1-4-11-24)46-27-15-9-14-26(21-27)39-33(43)30(20-23-18-19-45-22-23)41-32(42)25-12-5-2-6-13-25/h1-22,31H,(H,39,43)(H,40,44)(H,41,42)/b30-20-. The van der Waals surface area contributed by atoms with E-state index < -0.39 is 34.7 Å². The number of thioether (sulfide) groups is 1. The zero-order chi connectivity index (χ0) is 32.5. The van der Waals surface area contributed by atoms with Crippen LogP contribution in [0.4, 0.5) is 24.5 Å². The fraction of sp³-hybridized carbons (Fsp3) is 0.0571. The van der Waals surface area contributed by atoms with E-state index in [9.17, 15) is 27.6 Å². The van der Waals surface area contributed by atoms with Crippen molar-refractivity contribution in [1.29, 1.82) is 0 Å². The predicted molar refractivity (Wildman–Crippen MR) is 176 cm³/mol. The van der Waals surface area contributed by atoms with E-state index in [2.05, 4.69) is 16.0 Å². The van der Waals surface area contributed by atoms with E-state index in [1.165, 1.54) is 29.5 Å². The van der Waals surface area contributed by atoms with Crippen molar-refractivity contribution in [3.05, 3.63) is 154 Å². The van der Waals surface area contributed by atoms with Crippen LogP contribution in [0.3, 0.4) is 0 Å². The summed E-state index contributed by atoms with van der Waals surface area (Å²) in [5.41, 5.74) is 0.809. The summed E-state index contributed by atoms with van der Waals surface area (Å²) in [6, 6.07) is 30.5. The van der Waals surface area contributed by atoms with E-state index in [1.807, 2.05) is 16.8 Å². The van der Waals surface area contributed by atoms with E-state index >= 15 is 0 Å². The summed E-state index contributed by atoms with van der Waals surface area (Å²) >= 11 is 2.56. The Morgan fingerprint density at radius 3 is 2.17 bits per heavy atom. The Morgan fingerprint density at radius 1 is 0.783 bits per heavy atom. The third-order valence-electron chi connectivity index (χ3n) is 6.56. The smallest absolute Gasteiger partial charge is 0.324 e. The number of thiophene rings is 1. The van der Waals surface area contributed by atoms with Crippen LogP contribution in [0.15, 0.2) is 137 Å². The number of hydrogen-bond acceptors (Lipinski definition) is 5. The molecule has 6 nitrogen and oxygen atoms in total. The molecule has 0 saturated heterocycles. The van der Waals surface area contributed by atoms with Crippen molar-refractivity contribution in [3.8, 4) is 0 Å². The van der Waals surface area contributed by atoms with Crippen LogP contribution < -0.4 is 16.0 Å². The Labute approximate surface area is 271 Å². The maximum absolute atomic E-state index is 13.6. The highest BCUT2D eigenvalue weighted by atomic mass is 32.2. The van der Waals surface area contributed by atoms with Gasteiger partial charge in [-0.3, -0.25) is 14.4 Å². The highest BCUT2D eigenvalue weighted by Crippen LogP contribution is 2.39. The Kier molecular flexibility index (Phi) is 10.4. The van der Waals surface area contributed by atoms with E-state index in [0.29, 0.717) is 21.7 Å². The Morgan fingerprint density at radius 2 is 1.48 bits per heavy atom. The van der Waals surface area contributed by atoms with E-state index in [1.54, 1.807) is 91.0 Å². The van der Waals surface area contributed by atoms with Gasteiger partial charge in [-0.1, -0.05) is 66.7 Å². The molecule has 1 atom stereocenters. The largest absolute Gasteiger partial charge is 0.418 e. The van der Waals surface area contributed by atoms with Gasteiger partial charge in [0.15, 0.2) is 0 Å². The molecule has 5 rings (SSSR count). The first-order valence-corrected chi connectivity index (χ1v) is 15.7. The second-order valence-electron chi connectivity index (χ2n) is 9.86. The molecule has 0 aliphatic rings. The van der Waals surface area contributed by atoms with Gasteiger partial charge in [0.25, 0.3) is 11.8 Å². The minimum Gasteiger partial charge on any atom is -0.324 e. The number of nitrogens with one attached hydrogen (secondary N) is 3. The summed E-state index contributed by atoms with van der Waals surface area (Å²) in [6.07, 6.45) is -3.08. The molecule has 0 aliphatic carbocycles. The van der Waals surface area contributed by atoms with Crippen LogP contribution in [0, 0.1) is 0 Å². The molecule has 1 heterocycles. The Bertz CT molecular complexity index is 1850. The number of halogens is 3. The van der Waals surface area contributed by atoms with E-state index in [-0.39, 0.29) is 11.4 Å². The molecule has 1 aromatic heterocycles. The summed E-state index contributed by atoms with van der Waals surface area (Å²) in [5.74, 6) is -1.67. The summed E-state index contributed by atoms with van der Waals surface area (Å²) in [5, 5.41) is 10.7. The van der Waals surface area contributed by atoms with E-state index in [0.717, 1.165) is 23.4 Å². The van der Waals surface area contributed by atoms with Crippen LogP contribution in [0.25, 0.3) is 6.08 Å². The van der Waals surface area contributed by atoms with Gasteiger partial charge >= 0.3 is 6.18 Å². The number of hydrogen-bond donors (Lipinski definition) is 3. The molecule has 0 saturated carbocycles. The highest BCUT2D eigenvalue weighted by Gasteiger charge is 2.34. The highest BCUT2D eigenvalue weighted by molar-refractivity contribution is 8.00. The molecule has 3 N–H and O–H groups in total. The van der Waals surface area contributed by atoms with Gasteiger partial charge in [0.05, 0.1) is 11.3 Å². The second kappa shape index (κ2) is 14.8. The van der Waals surface area contributed by atoms with Gasteiger partial charge in [-0.25, -0.2) is 0 Å². The monoisotopic (exact) mass is 657 g/mol. The number of amides is 3. The van der Waals surface area contributed by atoms with Crippen LogP contribution in [-0.4, -0.2) is 17.7 Å². The summed E-state index contributed by atoms with van der Waals surface area (Å²) in [7, 11) is 0. The van der Waals surface area contributed by atoms with Crippen molar-refractivity contribution in [1.82, 2.24) is 5.32 Å². The lowest BCUT2D eigenvalue weighted by molar-refractivity contribution is -0.137. The van der Waals surface area contributed by atoms with Crippen molar-refractivity contribution >= 4 is 58.3 Å². The molecule has 232 valence electrons. The molecule has 4 aromatic carbocycles. The lowest BCUT2D eigenvalue weighted by Gasteiger charge is -2.19. The SMILES string of the molecule is O=C(Nc1cccc(SC(C(=O)Nc2ccccc2C(F)(F)F)c2ccccc2)c1)/C(=C/c1ccsc1)NC(=O)c1ccccc1. The van der Waals surface area contributed by atoms with Crippen LogP contribution in [0.2, 0.25) is 0 Å². The van der Waals surface area contributed by atoms with Gasteiger partial charge in [0.2, 0.25) is 5.91 Å². The number of carbonyl (C=O) groups is 3. The third kappa shape index (κ3) is 8.52. The van der Waals surface area contributed by atoms with Gasteiger partial charge in [0.1, 0.15) is 10.9 Å². The first kappa shape index (κ1) is 32.3. The molecule has 0 bridgehead atoms. The number of anilines is 2. The normalized spacial score (nSPS) is 12.2. The lowest BCUT2D eigenvalue weighted by Crippen LogP contribution is -2.30. The topological polar surface area (TPSA) is 87.3 Å². The van der Waals surface area contributed by atoms with Crippen molar-refractivity contribution in [2.75, 3.05) is 10.6 Å². The van der Waals surface area contributed by atoms with Crippen LogP contribution in [0.5, 0.6) is 0 Å². The Balaban J connectivity index is 1.37. The predicted octanol–water partition coefficient (Wildman–Crippen LogP) is 8.65. The maximum Gasteiger partial charge on any atom is 0.418 e. The molecular weight excluding hydrogens is 632 g/mol. The average molecular weight is 658 g/mol. The molecule has 0 radical (unpaired) electrons. The number of rotatable bonds is 10. The summed E-state index contributed by atoms with van der Waals surface area (Å²) in [6.45, 7) is 0. The first-order valence-electron chi connectivity index (χ1n) is 13.9. The van der Waals surface area contributed by atoms with Crippen molar-refractivity contribution in [3.63, 3.8) is 0 Å². The van der Waals surface area contributed by atoms with Gasteiger partial charge in [0, 0.05) is 16.1 Å². The number of alkyl halides is 3. The molecule has 1 unspecified atom stereocenters. The average Bonchev–Trinajstić information content (AvgIpc) is 3.57. The van der Waals surface area contributed by atoms with Gasteiger partial charge in [-0.05, 0) is 76.5 Å². The van der Waals surface area contributed by atoms with Crippen LogP contribution in [-0.2, 0) is 15.8 Å². The van der Waals surface area contributed by atoms with Crippen molar-refractivity contribution < 1.29 is 27.6 Å². The zero-order valence-corrected chi connectivity index (χ0v) is 25.6. The number of benzene rings is 4. The molecule has 5 aromatic rings. The zero-order valence-electron chi connectivity index (χ0n) is 24.0. The van der Waals surface area contributed by atoms with Crippen LogP contribution in [0.1, 0.15) is 32.3 Å². The number of carbonyl (C=O) groups excluding carboxylic acids is 3. The minimum atomic E-state index is -4.65. The molecule has 0 spiro atoms. The number of para-hydroxylation sites is 1. The molecule has 0 fully saturated rings. The van der Waals surface area contributed by atoms with Gasteiger partial charge < -0.3 is 16.0 Å². The quantitative estimate of drug-likeness (QED) is 0.104. The first-order chi connectivity index (χ1) is 22.2. The molecule has 0 aliphatic heterocycles. The minimum absolute atomic E-state index is 0.0233. The van der Waals surface area contributed by atoms with Gasteiger partial charge in [-0.15, -0.1) is 11.8 Å². The Hall–Kier alpha value is -5.13. The molecule has 3 amide bonds. The molecule has 11 heteroatoms. The second-order valence-corrected chi connectivity index (χ2v) is 11.8. The summed E-state index contributed by atoms with van der Waals surface area (Å²) < 4.78 is 40.9. The van der Waals surface area contributed by atoms with Gasteiger partial charge in [-0.2, -0.15) is 24.5 Å². The van der Waals surface area contributed by atoms with Crippen molar-refractivity contribution in [2.45, 2.75) is 16.3 Å².